The van der Waals surface area contributed by atoms with Crippen molar-refractivity contribution in [1.29, 1.82) is 0 Å². The summed E-state index contributed by atoms with van der Waals surface area (Å²) >= 11 is 0. The molecule has 1 aromatic heterocycles. The van der Waals surface area contributed by atoms with Crippen molar-refractivity contribution in [1.82, 2.24) is 4.98 Å². The van der Waals surface area contributed by atoms with Crippen LogP contribution in [0.3, 0.4) is 0 Å². The molecule has 1 N–H and O–H groups in total. The van der Waals surface area contributed by atoms with Crippen molar-refractivity contribution in [2.45, 2.75) is 25.3 Å². The molecule has 0 bridgehead atoms. The number of pyridine rings is 1. The van der Waals surface area contributed by atoms with E-state index in [2.05, 4.69) is 9.88 Å². The van der Waals surface area contributed by atoms with Crippen LogP contribution in [-0.4, -0.2) is 48.1 Å². The number of benzene rings is 2. The topological polar surface area (TPSA) is 92.2 Å². The Morgan fingerprint density at radius 3 is 2.35 bits per heavy atom. The van der Waals surface area contributed by atoms with Crippen LogP contribution in [0.1, 0.15) is 36.4 Å². The summed E-state index contributed by atoms with van der Waals surface area (Å²) < 4.78 is 11.2. The molecule has 8 heteroatoms. The minimum atomic E-state index is -0.831. The van der Waals surface area contributed by atoms with Crippen LogP contribution in [0.4, 0.5) is 11.4 Å². The van der Waals surface area contributed by atoms with Gasteiger partial charge in [-0.1, -0.05) is 6.07 Å². The summed E-state index contributed by atoms with van der Waals surface area (Å²) in [5.74, 6) is -0.659. The second-order valence-corrected chi connectivity index (χ2v) is 9.38. The lowest BCUT2D eigenvalue weighted by molar-refractivity contribution is -0.132. The van der Waals surface area contributed by atoms with Crippen molar-refractivity contribution in [3.05, 3.63) is 83.7 Å². The first-order valence-electron chi connectivity index (χ1n) is 12.6. The smallest absolute Gasteiger partial charge is 0.300 e. The van der Waals surface area contributed by atoms with Gasteiger partial charge in [0.1, 0.15) is 19.0 Å². The van der Waals surface area contributed by atoms with E-state index in [9.17, 15) is 14.7 Å². The van der Waals surface area contributed by atoms with Crippen molar-refractivity contribution in [2.75, 3.05) is 36.1 Å². The van der Waals surface area contributed by atoms with Crippen molar-refractivity contribution >= 4 is 28.8 Å². The Balaban J connectivity index is 1.43. The van der Waals surface area contributed by atoms with Crippen LogP contribution >= 0.6 is 0 Å². The molecule has 1 amide bonds. The number of hydrogen-bond donors (Lipinski definition) is 1. The molecule has 4 heterocycles. The number of ether oxygens (including phenoxy) is 2. The number of aliphatic hydroxyl groups excluding tert-OH is 1. The molecule has 3 aliphatic heterocycles. The molecular weight excluding hydrogens is 470 g/mol. The molecule has 2 fully saturated rings. The predicted octanol–water partition coefficient (Wildman–Crippen LogP) is 4.47. The van der Waals surface area contributed by atoms with Gasteiger partial charge in [-0.3, -0.25) is 19.5 Å². The fourth-order valence-corrected chi connectivity index (χ4v) is 5.27. The van der Waals surface area contributed by atoms with E-state index in [4.69, 9.17) is 9.47 Å². The average molecular weight is 498 g/mol. The normalized spacial score (nSPS) is 20.8. The number of nitrogens with zero attached hydrogens (tertiary/aromatic N) is 3. The number of hydrogen-bond acceptors (Lipinski definition) is 7. The third-order valence-electron chi connectivity index (χ3n) is 7.11. The standard InChI is InChI=1S/C29H27N3O5/c33-27(19-6-11-23-24(17-19)37-16-15-36-23)25-26(20-5-4-12-30-18-20)32(29(35)28(25)34)22-9-7-21(8-10-22)31-13-2-1-3-14-31/h4-12,17-18,26,33H,1-3,13-16H2/b27-25-. The fraction of sp³-hybridized carbons (Fsp3) is 0.276. The largest absolute Gasteiger partial charge is 0.507 e. The van der Waals surface area contributed by atoms with Gasteiger partial charge in [-0.15, -0.1) is 0 Å². The number of fused-ring (bicyclic) bond motifs is 1. The number of ketones is 1. The maximum Gasteiger partial charge on any atom is 0.300 e. The molecule has 188 valence electrons. The molecule has 0 aliphatic carbocycles. The van der Waals surface area contributed by atoms with E-state index in [1.807, 2.05) is 24.3 Å². The van der Waals surface area contributed by atoms with Crippen LogP contribution in [0.5, 0.6) is 11.5 Å². The summed E-state index contributed by atoms with van der Waals surface area (Å²) in [7, 11) is 0. The summed E-state index contributed by atoms with van der Waals surface area (Å²) in [4.78, 5) is 34.8. The third-order valence-corrected chi connectivity index (χ3v) is 7.11. The second-order valence-electron chi connectivity index (χ2n) is 9.38. The van der Waals surface area contributed by atoms with E-state index < -0.39 is 17.7 Å². The van der Waals surface area contributed by atoms with Gasteiger partial charge in [0.05, 0.1) is 11.6 Å². The fourth-order valence-electron chi connectivity index (χ4n) is 5.27. The minimum Gasteiger partial charge on any atom is -0.507 e. The second kappa shape index (κ2) is 9.61. The number of piperidine rings is 1. The Morgan fingerprint density at radius 1 is 0.892 bits per heavy atom. The van der Waals surface area contributed by atoms with Crippen LogP contribution in [0.25, 0.3) is 5.76 Å². The van der Waals surface area contributed by atoms with Gasteiger partial charge in [-0.2, -0.15) is 0 Å². The van der Waals surface area contributed by atoms with Crippen molar-refractivity contribution < 1.29 is 24.2 Å². The molecule has 6 rings (SSSR count). The zero-order valence-corrected chi connectivity index (χ0v) is 20.3. The molecule has 1 unspecified atom stereocenters. The van der Waals surface area contributed by atoms with Gasteiger partial charge in [0.2, 0.25) is 0 Å². The van der Waals surface area contributed by atoms with Crippen LogP contribution in [0.2, 0.25) is 0 Å². The first kappa shape index (κ1) is 23.1. The van der Waals surface area contributed by atoms with Crippen LogP contribution in [0, 0.1) is 0 Å². The predicted molar refractivity (Wildman–Crippen MR) is 139 cm³/mol. The summed E-state index contributed by atoms with van der Waals surface area (Å²) in [6.45, 7) is 2.86. The van der Waals surface area contributed by atoms with Gasteiger partial charge in [-0.05, 0) is 73.4 Å². The molecule has 2 saturated heterocycles. The van der Waals surface area contributed by atoms with Gasteiger partial charge in [0.15, 0.2) is 11.5 Å². The number of carbonyl (C=O) groups is 2. The maximum absolute atomic E-state index is 13.4. The van der Waals surface area contributed by atoms with E-state index in [0.717, 1.165) is 31.6 Å². The highest BCUT2D eigenvalue weighted by Crippen LogP contribution is 2.43. The summed E-state index contributed by atoms with van der Waals surface area (Å²) in [5, 5.41) is 11.4. The quantitative estimate of drug-likeness (QED) is 0.323. The molecular formula is C29H27N3O5. The van der Waals surface area contributed by atoms with Gasteiger partial charge < -0.3 is 19.5 Å². The first-order valence-corrected chi connectivity index (χ1v) is 12.6. The molecule has 8 nitrogen and oxygen atoms in total. The highest BCUT2D eigenvalue weighted by atomic mass is 16.6. The van der Waals surface area contributed by atoms with E-state index in [1.165, 1.54) is 11.3 Å². The Labute approximate surface area is 214 Å². The molecule has 2 aromatic carbocycles. The minimum absolute atomic E-state index is 0.00906. The SMILES string of the molecule is O=C1C(=O)N(c2ccc(N3CCCCC3)cc2)C(c2cccnc2)/C1=C(/O)c1ccc2c(c1)OCCO2. The van der Waals surface area contributed by atoms with Gasteiger partial charge in [0.25, 0.3) is 11.7 Å². The summed E-state index contributed by atoms with van der Waals surface area (Å²) in [6, 6.07) is 15.4. The van der Waals surface area contributed by atoms with Gasteiger partial charge >= 0.3 is 0 Å². The van der Waals surface area contributed by atoms with Crippen molar-refractivity contribution in [3.63, 3.8) is 0 Å². The van der Waals surface area contributed by atoms with Crippen LogP contribution < -0.4 is 19.3 Å². The number of aliphatic hydroxyl groups is 1. The Bertz CT molecular complexity index is 1360. The molecule has 0 spiro atoms. The van der Waals surface area contributed by atoms with E-state index in [0.29, 0.717) is 41.5 Å². The summed E-state index contributed by atoms with van der Waals surface area (Å²) in [6.07, 6.45) is 6.81. The number of carbonyl (C=O) groups excluding carboxylic acids is 2. The lowest BCUT2D eigenvalue weighted by Crippen LogP contribution is -2.30. The number of aromatic nitrogens is 1. The maximum atomic E-state index is 13.4. The van der Waals surface area contributed by atoms with Gasteiger partial charge in [-0.25, -0.2) is 0 Å². The van der Waals surface area contributed by atoms with E-state index >= 15 is 0 Å². The number of rotatable bonds is 4. The lowest BCUT2D eigenvalue weighted by Gasteiger charge is -2.30. The monoisotopic (exact) mass is 497 g/mol. The summed E-state index contributed by atoms with van der Waals surface area (Å²) in [5.41, 5.74) is 2.68. The van der Waals surface area contributed by atoms with Gasteiger partial charge in [0, 0.05) is 42.4 Å². The number of Topliss-reactive ketones (excluding diaryl/α,β-unsaturated/α-hetero) is 1. The van der Waals surface area contributed by atoms with E-state index in [-0.39, 0.29) is 11.3 Å². The average Bonchev–Trinajstić information content (AvgIpc) is 3.23. The molecule has 3 aliphatic rings. The van der Waals surface area contributed by atoms with Crippen LogP contribution in [-0.2, 0) is 9.59 Å². The highest BCUT2D eigenvalue weighted by molar-refractivity contribution is 6.51. The molecule has 3 aromatic rings. The Morgan fingerprint density at radius 2 is 1.62 bits per heavy atom. The molecule has 37 heavy (non-hydrogen) atoms. The van der Waals surface area contributed by atoms with E-state index in [1.54, 1.807) is 42.7 Å². The number of anilines is 2. The Kier molecular flexibility index (Phi) is 6.00. The van der Waals surface area contributed by atoms with Crippen LogP contribution in [0.15, 0.2) is 72.6 Å². The lowest BCUT2D eigenvalue weighted by atomic mass is 9.96. The van der Waals surface area contributed by atoms with Crippen molar-refractivity contribution in [3.8, 4) is 11.5 Å². The highest BCUT2D eigenvalue weighted by Gasteiger charge is 2.47. The third kappa shape index (κ3) is 4.18. The molecule has 1 atom stereocenters. The van der Waals surface area contributed by atoms with Crippen molar-refractivity contribution in [2.24, 2.45) is 0 Å². The Hall–Kier alpha value is -4.33. The molecule has 0 radical (unpaired) electrons. The molecule has 0 saturated carbocycles. The first-order chi connectivity index (χ1) is 18.1. The zero-order valence-electron chi connectivity index (χ0n) is 20.3. The number of amides is 1. The zero-order chi connectivity index (χ0) is 25.4.